The summed E-state index contributed by atoms with van der Waals surface area (Å²) in [5.74, 6) is -0.0809. The molecule has 0 saturated carbocycles. The third-order valence-corrected chi connectivity index (χ3v) is 5.49. The van der Waals surface area contributed by atoms with Crippen LogP contribution in [-0.2, 0) is 4.79 Å². The summed E-state index contributed by atoms with van der Waals surface area (Å²) in [5, 5.41) is 5.57. The van der Waals surface area contributed by atoms with Gasteiger partial charge >= 0.3 is 0 Å². The van der Waals surface area contributed by atoms with Gasteiger partial charge < -0.3 is 5.32 Å². The van der Waals surface area contributed by atoms with Crippen LogP contribution in [-0.4, -0.2) is 26.2 Å². The van der Waals surface area contributed by atoms with Crippen molar-refractivity contribution in [3.63, 3.8) is 0 Å². The molecule has 0 aliphatic heterocycles. The first-order chi connectivity index (χ1) is 12.3. The highest BCUT2D eigenvalue weighted by Gasteiger charge is 2.23. The van der Waals surface area contributed by atoms with E-state index in [1.807, 2.05) is 63.4 Å². The first-order valence-corrected chi connectivity index (χ1v) is 10.1. The number of fused-ring (bicyclic) bond motifs is 1. The molecule has 0 radical (unpaired) electrons. The Morgan fingerprint density at radius 3 is 2.58 bits per heavy atom. The molecule has 0 unspecified atom stereocenters. The molecule has 0 saturated heterocycles. The SMILES string of the molecule is C[C@H](Sc1nc2sccc2c(=O)n1-c1ccccc1)C(=O)NC(C)(C)C. The van der Waals surface area contributed by atoms with Crippen molar-refractivity contribution in [2.45, 2.75) is 43.6 Å². The van der Waals surface area contributed by atoms with Crippen molar-refractivity contribution in [1.82, 2.24) is 14.9 Å². The van der Waals surface area contributed by atoms with Gasteiger partial charge in [-0.1, -0.05) is 30.0 Å². The zero-order chi connectivity index (χ0) is 18.9. The van der Waals surface area contributed by atoms with Gasteiger partial charge in [0.1, 0.15) is 4.83 Å². The molecule has 0 aliphatic rings. The maximum absolute atomic E-state index is 13.0. The quantitative estimate of drug-likeness (QED) is 0.546. The molecule has 3 rings (SSSR count). The number of carbonyl (C=O) groups excluding carboxylic acids is 1. The number of para-hydroxylation sites is 1. The smallest absolute Gasteiger partial charge is 0.267 e. The average Bonchev–Trinajstić information content (AvgIpc) is 3.03. The zero-order valence-corrected chi connectivity index (χ0v) is 16.8. The molecule has 2 aromatic heterocycles. The number of carbonyl (C=O) groups is 1. The summed E-state index contributed by atoms with van der Waals surface area (Å²) < 4.78 is 1.58. The highest BCUT2D eigenvalue weighted by Crippen LogP contribution is 2.27. The minimum atomic E-state index is -0.381. The normalized spacial score (nSPS) is 12.9. The summed E-state index contributed by atoms with van der Waals surface area (Å²) in [5.41, 5.74) is 0.313. The van der Waals surface area contributed by atoms with Gasteiger partial charge in [0.15, 0.2) is 5.16 Å². The van der Waals surface area contributed by atoms with Crippen molar-refractivity contribution >= 4 is 39.2 Å². The molecule has 3 aromatic rings. The lowest BCUT2D eigenvalue weighted by molar-refractivity contribution is -0.121. The second kappa shape index (κ2) is 7.25. The van der Waals surface area contributed by atoms with Crippen molar-refractivity contribution in [3.05, 3.63) is 52.1 Å². The van der Waals surface area contributed by atoms with Crippen LogP contribution in [0.15, 0.2) is 51.7 Å². The number of hydrogen-bond acceptors (Lipinski definition) is 5. The van der Waals surface area contributed by atoms with Crippen molar-refractivity contribution in [2.24, 2.45) is 0 Å². The van der Waals surface area contributed by atoms with Gasteiger partial charge in [-0.15, -0.1) is 11.3 Å². The molecule has 26 heavy (non-hydrogen) atoms. The van der Waals surface area contributed by atoms with E-state index >= 15 is 0 Å². The largest absolute Gasteiger partial charge is 0.351 e. The van der Waals surface area contributed by atoms with E-state index in [0.717, 1.165) is 5.69 Å². The minimum Gasteiger partial charge on any atom is -0.351 e. The van der Waals surface area contributed by atoms with Crippen LogP contribution < -0.4 is 10.9 Å². The molecule has 136 valence electrons. The molecule has 1 atom stereocenters. The molecule has 2 heterocycles. The van der Waals surface area contributed by atoms with Crippen molar-refractivity contribution in [1.29, 1.82) is 0 Å². The third-order valence-electron chi connectivity index (χ3n) is 3.63. The number of thiophene rings is 1. The van der Waals surface area contributed by atoms with Gasteiger partial charge in [-0.3, -0.25) is 14.2 Å². The molecule has 5 nitrogen and oxygen atoms in total. The Morgan fingerprint density at radius 2 is 1.92 bits per heavy atom. The van der Waals surface area contributed by atoms with Gasteiger partial charge in [-0.25, -0.2) is 4.98 Å². The highest BCUT2D eigenvalue weighted by atomic mass is 32.2. The fourth-order valence-electron chi connectivity index (χ4n) is 2.46. The van der Waals surface area contributed by atoms with Crippen LogP contribution in [0.2, 0.25) is 0 Å². The number of amides is 1. The zero-order valence-electron chi connectivity index (χ0n) is 15.1. The van der Waals surface area contributed by atoms with Crippen molar-refractivity contribution in [2.75, 3.05) is 0 Å². The Morgan fingerprint density at radius 1 is 1.23 bits per heavy atom. The Balaban J connectivity index is 2.05. The monoisotopic (exact) mass is 387 g/mol. The van der Waals surface area contributed by atoms with Crippen LogP contribution in [0, 0.1) is 0 Å². The molecule has 0 spiro atoms. The Kier molecular flexibility index (Phi) is 5.20. The van der Waals surface area contributed by atoms with E-state index in [-0.39, 0.29) is 22.3 Å². The van der Waals surface area contributed by atoms with Crippen LogP contribution >= 0.6 is 23.1 Å². The maximum Gasteiger partial charge on any atom is 0.267 e. The Hall–Kier alpha value is -2.12. The van der Waals surface area contributed by atoms with Crippen LogP contribution in [0.1, 0.15) is 27.7 Å². The van der Waals surface area contributed by atoms with E-state index < -0.39 is 0 Å². The van der Waals surface area contributed by atoms with Gasteiger partial charge in [0.05, 0.1) is 16.3 Å². The Bertz CT molecular complexity index is 987. The van der Waals surface area contributed by atoms with Crippen LogP contribution in [0.3, 0.4) is 0 Å². The first-order valence-electron chi connectivity index (χ1n) is 8.30. The molecule has 1 aromatic carbocycles. The predicted molar refractivity (Wildman–Crippen MR) is 108 cm³/mol. The van der Waals surface area contributed by atoms with E-state index in [9.17, 15) is 9.59 Å². The first kappa shape index (κ1) is 18.7. The summed E-state index contributed by atoms with van der Waals surface area (Å²) in [4.78, 5) is 30.8. The second-order valence-electron chi connectivity index (χ2n) is 7.01. The van der Waals surface area contributed by atoms with Crippen LogP contribution in [0.25, 0.3) is 15.9 Å². The van der Waals surface area contributed by atoms with Gasteiger partial charge in [-0.2, -0.15) is 0 Å². The van der Waals surface area contributed by atoms with Crippen LogP contribution in [0.4, 0.5) is 0 Å². The lowest BCUT2D eigenvalue weighted by Crippen LogP contribution is -2.44. The maximum atomic E-state index is 13.0. The molecule has 7 heteroatoms. The molecular weight excluding hydrogens is 366 g/mol. The standard InChI is InChI=1S/C19H21N3O2S2/c1-12(15(23)21-19(2,3)4)26-18-20-16-14(10-11-25-16)17(24)22(18)13-8-6-5-7-9-13/h5-12H,1-4H3,(H,21,23)/t12-/m0/s1. The molecule has 1 N–H and O–H groups in total. The van der Waals surface area contributed by atoms with E-state index in [2.05, 4.69) is 10.3 Å². The van der Waals surface area contributed by atoms with E-state index in [1.54, 1.807) is 10.6 Å². The number of thioether (sulfide) groups is 1. The van der Waals surface area contributed by atoms with Gasteiger partial charge in [0.25, 0.3) is 5.56 Å². The van der Waals surface area contributed by atoms with Gasteiger partial charge in [0.2, 0.25) is 5.91 Å². The van der Waals surface area contributed by atoms with E-state index in [0.29, 0.717) is 15.4 Å². The Labute approximate surface area is 160 Å². The molecule has 0 fully saturated rings. The number of benzene rings is 1. The van der Waals surface area contributed by atoms with Crippen molar-refractivity contribution < 1.29 is 4.79 Å². The third kappa shape index (κ3) is 3.99. The van der Waals surface area contributed by atoms with Gasteiger partial charge in [-0.05, 0) is 51.3 Å². The number of hydrogen-bond donors (Lipinski definition) is 1. The molecule has 1 amide bonds. The summed E-state index contributed by atoms with van der Waals surface area (Å²) in [6.07, 6.45) is 0. The lowest BCUT2D eigenvalue weighted by Gasteiger charge is -2.23. The van der Waals surface area contributed by atoms with Gasteiger partial charge in [0, 0.05) is 5.54 Å². The number of aromatic nitrogens is 2. The lowest BCUT2D eigenvalue weighted by atomic mass is 10.1. The average molecular weight is 388 g/mol. The van der Waals surface area contributed by atoms with Crippen LogP contribution in [0.5, 0.6) is 0 Å². The molecule has 0 bridgehead atoms. The summed E-state index contributed by atoms with van der Waals surface area (Å²) >= 11 is 2.72. The molecular formula is C19H21N3O2S2. The topological polar surface area (TPSA) is 64.0 Å². The molecule has 0 aliphatic carbocycles. The second-order valence-corrected chi connectivity index (χ2v) is 9.21. The summed E-state index contributed by atoms with van der Waals surface area (Å²) in [6.45, 7) is 7.65. The fraction of sp³-hybridized carbons (Fsp3) is 0.316. The predicted octanol–water partition coefficient (Wildman–Crippen LogP) is 3.84. The summed E-state index contributed by atoms with van der Waals surface area (Å²) in [7, 11) is 0. The minimum absolute atomic E-state index is 0.0809. The number of nitrogens with zero attached hydrogens (tertiary/aromatic N) is 2. The number of nitrogens with one attached hydrogen (secondary N) is 1. The van der Waals surface area contributed by atoms with E-state index in [1.165, 1.54) is 23.1 Å². The number of rotatable bonds is 4. The summed E-state index contributed by atoms with van der Waals surface area (Å²) in [6, 6.07) is 11.2. The van der Waals surface area contributed by atoms with Crippen molar-refractivity contribution in [3.8, 4) is 5.69 Å². The highest BCUT2D eigenvalue weighted by molar-refractivity contribution is 8.00. The fourth-order valence-corrected chi connectivity index (χ4v) is 4.19. The van der Waals surface area contributed by atoms with E-state index in [4.69, 9.17) is 0 Å².